The molecule has 0 atom stereocenters. The minimum absolute atomic E-state index is 0.470. The first-order chi connectivity index (χ1) is 12.7. The van der Waals surface area contributed by atoms with Gasteiger partial charge in [0.15, 0.2) is 17.5 Å². The van der Waals surface area contributed by atoms with Gasteiger partial charge >= 0.3 is 0 Å². The number of benzene rings is 1. The zero-order chi connectivity index (χ0) is 19.2. The fourth-order valence-corrected chi connectivity index (χ4v) is 2.40. The molecule has 0 saturated carbocycles. The van der Waals surface area contributed by atoms with Gasteiger partial charge in [0, 0.05) is 37.9 Å². The van der Waals surface area contributed by atoms with Gasteiger partial charge in [-0.05, 0) is 32.8 Å². The fraction of sp³-hybridized carbons (Fsp3) is 0.632. The maximum atomic E-state index is 5.46. The summed E-state index contributed by atoms with van der Waals surface area (Å²) in [5.41, 5.74) is 0.929. The molecule has 0 bridgehead atoms. The lowest BCUT2D eigenvalue weighted by Gasteiger charge is -2.14. The number of unbranched alkanes of at least 4 members (excludes halogenated alkanes) is 1. The van der Waals surface area contributed by atoms with Crippen molar-refractivity contribution in [3.8, 4) is 17.2 Å². The van der Waals surface area contributed by atoms with E-state index in [1.807, 2.05) is 26.0 Å². The molecule has 0 aromatic heterocycles. The van der Waals surface area contributed by atoms with Gasteiger partial charge in [0.25, 0.3) is 0 Å². The van der Waals surface area contributed by atoms with Crippen LogP contribution >= 0.6 is 0 Å². The molecule has 1 aromatic carbocycles. The highest BCUT2D eigenvalue weighted by atomic mass is 16.5. The molecule has 1 aromatic rings. The first-order valence-electron chi connectivity index (χ1n) is 9.08. The Morgan fingerprint density at radius 1 is 0.923 bits per heavy atom. The van der Waals surface area contributed by atoms with Crippen LogP contribution in [0.3, 0.4) is 0 Å². The molecule has 0 saturated heterocycles. The first-order valence-corrected chi connectivity index (χ1v) is 9.08. The molecule has 0 radical (unpaired) electrons. The van der Waals surface area contributed by atoms with Gasteiger partial charge in [-0.3, -0.25) is 0 Å². The summed E-state index contributed by atoms with van der Waals surface area (Å²) >= 11 is 0. The quantitative estimate of drug-likeness (QED) is 0.336. The number of hydrogen-bond donors (Lipinski definition) is 2. The number of rotatable bonds is 12. The van der Waals surface area contributed by atoms with Crippen LogP contribution in [0.5, 0.6) is 17.2 Å². The molecule has 0 aliphatic rings. The normalized spacial score (nSPS) is 11.2. The number of ether oxygens (including phenoxy) is 4. The summed E-state index contributed by atoms with van der Waals surface area (Å²) in [5.74, 6) is 2.79. The Kier molecular flexibility index (Phi) is 11.0. The van der Waals surface area contributed by atoms with E-state index in [-0.39, 0.29) is 0 Å². The van der Waals surface area contributed by atoms with Crippen LogP contribution < -0.4 is 24.8 Å². The summed E-state index contributed by atoms with van der Waals surface area (Å²) in [6.45, 7) is 7.74. The Labute approximate surface area is 157 Å². The second kappa shape index (κ2) is 13.1. The van der Waals surface area contributed by atoms with E-state index in [0.717, 1.165) is 56.4 Å². The predicted molar refractivity (Wildman–Crippen MR) is 105 cm³/mol. The predicted octanol–water partition coefficient (Wildman–Crippen LogP) is 2.58. The average Bonchev–Trinajstić information content (AvgIpc) is 2.67. The lowest BCUT2D eigenvalue weighted by atomic mass is 10.1. The minimum atomic E-state index is 0.470. The molecule has 0 amide bonds. The molecule has 0 fully saturated rings. The molecular formula is C19H33N3O4. The Morgan fingerprint density at radius 3 is 2.23 bits per heavy atom. The van der Waals surface area contributed by atoms with Gasteiger partial charge in [0.2, 0.25) is 0 Å². The van der Waals surface area contributed by atoms with Gasteiger partial charge in [0.05, 0.1) is 27.9 Å². The zero-order valence-corrected chi connectivity index (χ0v) is 16.7. The van der Waals surface area contributed by atoms with Crippen molar-refractivity contribution < 1.29 is 18.9 Å². The zero-order valence-electron chi connectivity index (χ0n) is 16.7. The van der Waals surface area contributed by atoms with Crippen molar-refractivity contribution in [3.05, 3.63) is 17.7 Å². The molecule has 148 valence electrons. The van der Waals surface area contributed by atoms with Gasteiger partial charge in [-0.1, -0.05) is 0 Å². The molecule has 0 unspecified atom stereocenters. The largest absolute Gasteiger partial charge is 0.496 e. The topological polar surface area (TPSA) is 73.3 Å². The molecule has 0 heterocycles. The van der Waals surface area contributed by atoms with Crippen LogP contribution in [0.2, 0.25) is 0 Å². The molecule has 0 spiro atoms. The van der Waals surface area contributed by atoms with Crippen LogP contribution in [-0.2, 0) is 11.3 Å². The van der Waals surface area contributed by atoms with E-state index in [2.05, 4.69) is 15.6 Å². The highest BCUT2D eigenvalue weighted by molar-refractivity contribution is 5.79. The van der Waals surface area contributed by atoms with Crippen LogP contribution in [0.4, 0.5) is 0 Å². The van der Waals surface area contributed by atoms with Crippen molar-refractivity contribution in [2.45, 2.75) is 33.2 Å². The number of nitrogens with one attached hydrogen (secondary N) is 2. The molecular weight excluding hydrogens is 334 g/mol. The van der Waals surface area contributed by atoms with Gasteiger partial charge in [-0.25, -0.2) is 4.99 Å². The summed E-state index contributed by atoms with van der Waals surface area (Å²) < 4.78 is 21.5. The summed E-state index contributed by atoms with van der Waals surface area (Å²) in [7, 11) is 4.86. The van der Waals surface area contributed by atoms with Gasteiger partial charge in [-0.15, -0.1) is 0 Å². The fourth-order valence-electron chi connectivity index (χ4n) is 2.40. The van der Waals surface area contributed by atoms with Crippen LogP contribution in [0.1, 0.15) is 32.3 Å². The van der Waals surface area contributed by atoms with E-state index in [0.29, 0.717) is 18.0 Å². The molecule has 0 aliphatic carbocycles. The van der Waals surface area contributed by atoms with Gasteiger partial charge in [0.1, 0.15) is 5.75 Å². The number of aliphatic imine (C=N–C) groups is 1. The van der Waals surface area contributed by atoms with Crippen molar-refractivity contribution >= 4 is 5.96 Å². The molecule has 26 heavy (non-hydrogen) atoms. The van der Waals surface area contributed by atoms with Gasteiger partial charge < -0.3 is 29.6 Å². The second-order valence-electron chi connectivity index (χ2n) is 5.55. The highest BCUT2D eigenvalue weighted by Gasteiger charge is 2.11. The summed E-state index contributed by atoms with van der Waals surface area (Å²) in [5, 5.41) is 6.60. The molecule has 2 N–H and O–H groups in total. The van der Waals surface area contributed by atoms with Crippen molar-refractivity contribution in [1.29, 1.82) is 0 Å². The van der Waals surface area contributed by atoms with E-state index in [9.17, 15) is 0 Å². The van der Waals surface area contributed by atoms with Crippen molar-refractivity contribution in [3.63, 3.8) is 0 Å². The number of hydrogen-bond acceptors (Lipinski definition) is 5. The molecule has 7 heteroatoms. The number of nitrogens with zero attached hydrogens (tertiary/aromatic N) is 1. The summed E-state index contributed by atoms with van der Waals surface area (Å²) in [6.07, 6.45) is 2.06. The van der Waals surface area contributed by atoms with Crippen LogP contribution in [0.25, 0.3) is 0 Å². The standard InChI is InChI=1S/C19H33N3O4/c1-6-20-19(21-10-8-9-11-26-7-2)22-14-15-12-17(24-4)18(25-5)13-16(15)23-3/h12-13H,6-11,14H2,1-5H3,(H2,20,21,22). The van der Waals surface area contributed by atoms with Crippen LogP contribution in [-0.4, -0.2) is 53.6 Å². The van der Waals surface area contributed by atoms with Crippen molar-refractivity contribution in [2.24, 2.45) is 4.99 Å². The Morgan fingerprint density at radius 2 is 1.62 bits per heavy atom. The number of methoxy groups -OCH3 is 3. The lowest BCUT2D eigenvalue weighted by molar-refractivity contribution is 0.143. The Bertz CT molecular complexity index is 550. The van der Waals surface area contributed by atoms with E-state index in [4.69, 9.17) is 18.9 Å². The smallest absolute Gasteiger partial charge is 0.191 e. The van der Waals surface area contributed by atoms with E-state index < -0.39 is 0 Å². The molecule has 1 rings (SSSR count). The van der Waals surface area contributed by atoms with Crippen LogP contribution in [0, 0.1) is 0 Å². The highest BCUT2D eigenvalue weighted by Crippen LogP contribution is 2.34. The Hall–Kier alpha value is -2.15. The van der Waals surface area contributed by atoms with E-state index in [1.165, 1.54) is 0 Å². The maximum Gasteiger partial charge on any atom is 0.191 e. The monoisotopic (exact) mass is 367 g/mol. The van der Waals surface area contributed by atoms with Crippen LogP contribution in [0.15, 0.2) is 17.1 Å². The average molecular weight is 367 g/mol. The SMILES string of the molecule is CCNC(=NCc1cc(OC)c(OC)cc1OC)NCCCCOCC. The molecule has 7 nitrogen and oxygen atoms in total. The summed E-state index contributed by atoms with van der Waals surface area (Å²) in [6, 6.07) is 3.71. The van der Waals surface area contributed by atoms with E-state index in [1.54, 1.807) is 21.3 Å². The Balaban J connectivity index is 2.72. The minimum Gasteiger partial charge on any atom is -0.496 e. The second-order valence-corrected chi connectivity index (χ2v) is 5.55. The third-order valence-electron chi connectivity index (χ3n) is 3.75. The lowest BCUT2D eigenvalue weighted by Crippen LogP contribution is -2.37. The first kappa shape index (κ1) is 21.9. The van der Waals surface area contributed by atoms with Crippen molar-refractivity contribution in [2.75, 3.05) is 47.6 Å². The van der Waals surface area contributed by atoms with Crippen molar-refractivity contribution in [1.82, 2.24) is 10.6 Å². The van der Waals surface area contributed by atoms with E-state index >= 15 is 0 Å². The molecule has 0 aliphatic heterocycles. The maximum absolute atomic E-state index is 5.46. The van der Waals surface area contributed by atoms with Gasteiger partial charge in [-0.2, -0.15) is 0 Å². The summed E-state index contributed by atoms with van der Waals surface area (Å²) in [4.78, 5) is 4.64. The third kappa shape index (κ3) is 7.39. The number of guanidine groups is 1. The third-order valence-corrected chi connectivity index (χ3v) is 3.75.